The second-order valence-electron chi connectivity index (χ2n) is 26.9. The van der Waals surface area contributed by atoms with Crippen molar-refractivity contribution in [2.24, 2.45) is 0 Å². The molecule has 0 saturated heterocycles. The third-order valence-corrected chi connectivity index (χ3v) is 22.6. The van der Waals surface area contributed by atoms with Crippen LogP contribution in [0.3, 0.4) is 0 Å². The zero-order valence-corrected chi connectivity index (χ0v) is 52.3. The van der Waals surface area contributed by atoms with E-state index >= 15 is 0 Å². The average molecular weight is 1210 g/mol. The van der Waals surface area contributed by atoms with Crippen LogP contribution in [0.4, 0.5) is 34.1 Å². The van der Waals surface area contributed by atoms with E-state index < -0.39 is 10.8 Å². The quantitative estimate of drug-likeness (QED) is 0.159. The predicted octanol–water partition coefficient (Wildman–Crippen LogP) is 20.9. The smallest absolute Gasteiger partial charge is 0.252 e. The molecule has 0 radical (unpaired) electrons. The van der Waals surface area contributed by atoms with Gasteiger partial charge in [0.25, 0.3) is 6.71 Å². The fourth-order valence-electron chi connectivity index (χ4n) is 18.9. The summed E-state index contributed by atoms with van der Waals surface area (Å²) in [4.78, 5) is 5.30. The molecule has 16 aromatic rings. The molecule has 0 amide bonds. The maximum Gasteiger partial charge on any atom is 0.252 e. The first-order valence-electron chi connectivity index (χ1n) is 33.7. The SMILES string of the molecule is c1ccc(-c2ccc(N3c4cc5c(cc4B4c6cc(-c7ccccc7)ccc6N(c6ccc7c(c6)-c6ccccc6C76c7ccccc7-c7ccccc76)c6cc(-n7c8ccccc8c8ccccc87)cc3c64)-c3ccccc3C53c4ccccc4-c4ccccc43)cc2)cc1. The maximum absolute atomic E-state index is 2.66. The van der Waals surface area contributed by atoms with E-state index in [9.17, 15) is 0 Å². The molecule has 4 heteroatoms. The highest BCUT2D eigenvalue weighted by Crippen LogP contribution is 2.66. The highest BCUT2D eigenvalue weighted by atomic mass is 15.2. The lowest BCUT2D eigenvalue weighted by Gasteiger charge is -2.45. The Hall–Kier alpha value is -12.2. The van der Waals surface area contributed by atoms with E-state index in [2.05, 4.69) is 354 Å². The Morgan fingerprint density at radius 2 is 0.594 bits per heavy atom. The first kappa shape index (κ1) is 52.3. The lowest BCUT2D eigenvalue weighted by atomic mass is 9.33. The molecular formula is C92H56BN3. The van der Waals surface area contributed by atoms with Gasteiger partial charge in [-0.25, -0.2) is 0 Å². The topological polar surface area (TPSA) is 11.4 Å². The van der Waals surface area contributed by atoms with Gasteiger partial charge in [0.15, 0.2) is 0 Å². The summed E-state index contributed by atoms with van der Waals surface area (Å²) in [5, 5.41) is 2.45. The summed E-state index contributed by atoms with van der Waals surface area (Å²) in [6.07, 6.45) is 0. The summed E-state index contributed by atoms with van der Waals surface area (Å²) >= 11 is 0. The van der Waals surface area contributed by atoms with Gasteiger partial charge in [0.2, 0.25) is 0 Å². The van der Waals surface area contributed by atoms with Crippen LogP contribution in [-0.2, 0) is 10.8 Å². The second-order valence-corrected chi connectivity index (χ2v) is 26.9. The number of nitrogens with zero attached hydrogens (tertiary/aromatic N) is 3. The van der Waals surface area contributed by atoms with Gasteiger partial charge >= 0.3 is 0 Å². The lowest BCUT2D eigenvalue weighted by Crippen LogP contribution is -2.61. The van der Waals surface area contributed by atoms with Crippen molar-refractivity contribution >= 4 is 79.0 Å². The summed E-state index contributed by atoms with van der Waals surface area (Å²) in [6.45, 7) is -0.200. The van der Waals surface area contributed by atoms with E-state index in [0.717, 1.165) is 34.1 Å². The molecule has 442 valence electrons. The maximum atomic E-state index is 2.66. The molecule has 0 saturated carbocycles. The van der Waals surface area contributed by atoms with E-state index in [0.29, 0.717) is 0 Å². The van der Waals surface area contributed by atoms with Crippen LogP contribution in [0.25, 0.3) is 94.3 Å². The number of hydrogen-bond acceptors (Lipinski definition) is 2. The predicted molar refractivity (Wildman–Crippen MR) is 398 cm³/mol. The molecule has 0 bridgehead atoms. The molecule has 0 unspecified atom stereocenters. The van der Waals surface area contributed by atoms with Gasteiger partial charge in [0.1, 0.15) is 0 Å². The molecule has 22 rings (SSSR count). The fraction of sp³-hybridized carbons (Fsp3) is 0.0217. The Kier molecular flexibility index (Phi) is 10.5. The number of aromatic nitrogens is 1. The number of hydrogen-bond donors (Lipinski definition) is 0. The summed E-state index contributed by atoms with van der Waals surface area (Å²) in [5.41, 5.74) is 38.7. The van der Waals surface area contributed by atoms with Crippen LogP contribution in [0.1, 0.15) is 44.5 Å². The number of anilines is 6. The van der Waals surface area contributed by atoms with Gasteiger partial charge in [-0.3, -0.25) is 0 Å². The number of rotatable bonds is 5. The first-order valence-corrected chi connectivity index (χ1v) is 33.7. The fourth-order valence-corrected chi connectivity index (χ4v) is 18.9. The molecule has 3 heterocycles. The van der Waals surface area contributed by atoms with Gasteiger partial charge in [-0.1, -0.05) is 279 Å². The Balaban J connectivity index is 0.875. The standard InChI is InChI=1S/C92H56BN3/c1-3-23-57(24-4-1)59-43-46-61(47-44-59)94-87-56-81-73(69-32-12-20-40-79(69)92(81)76-37-17-9-29-66(76)67-30-10-18-38-77(67)92)55-83(87)93-82-51-60(58-25-5-2-6-26-58)45-50-86(82)95(89-54-63(53-88(94)90(89)93)96-84-41-21-13-33-70(84)71-34-14-22-42-85(71)96)62-48-49-80-72(52-62)68-31-11-19-39-78(68)91(80)74-35-15-7-27-64(74)65-28-8-16-36-75(65)91/h1-56H. The lowest BCUT2D eigenvalue weighted by molar-refractivity contribution is 0.794. The minimum Gasteiger partial charge on any atom is -0.311 e. The Bertz CT molecular complexity index is 5910. The minimum absolute atomic E-state index is 0.200. The molecule has 6 aliphatic rings. The molecule has 96 heavy (non-hydrogen) atoms. The number of fused-ring (bicyclic) bond motifs is 27. The summed E-state index contributed by atoms with van der Waals surface area (Å²) in [6, 6.07) is 130. The van der Waals surface area contributed by atoms with Crippen molar-refractivity contribution in [3.05, 3.63) is 384 Å². The van der Waals surface area contributed by atoms with Crippen LogP contribution < -0.4 is 26.2 Å². The van der Waals surface area contributed by atoms with Gasteiger partial charge in [-0.15, -0.1) is 0 Å². The van der Waals surface area contributed by atoms with Gasteiger partial charge in [-0.05, 0) is 188 Å². The molecule has 2 spiro atoms. The minimum atomic E-state index is -0.567. The van der Waals surface area contributed by atoms with Crippen molar-refractivity contribution in [3.8, 4) is 72.4 Å². The summed E-state index contributed by atoms with van der Waals surface area (Å²) in [7, 11) is 0. The number of para-hydroxylation sites is 2. The van der Waals surface area contributed by atoms with Crippen LogP contribution in [0.2, 0.25) is 0 Å². The molecule has 0 fully saturated rings. The van der Waals surface area contributed by atoms with Crippen LogP contribution in [-0.4, -0.2) is 11.3 Å². The van der Waals surface area contributed by atoms with E-state index in [1.165, 1.54) is 155 Å². The third-order valence-electron chi connectivity index (χ3n) is 22.6. The van der Waals surface area contributed by atoms with Gasteiger partial charge in [0, 0.05) is 44.9 Å². The van der Waals surface area contributed by atoms with Crippen molar-refractivity contribution in [3.63, 3.8) is 0 Å². The largest absolute Gasteiger partial charge is 0.311 e. The van der Waals surface area contributed by atoms with Crippen LogP contribution >= 0.6 is 0 Å². The van der Waals surface area contributed by atoms with Gasteiger partial charge in [0.05, 0.1) is 27.6 Å². The normalized spacial score (nSPS) is 14.4. The van der Waals surface area contributed by atoms with Gasteiger partial charge < -0.3 is 14.4 Å². The van der Waals surface area contributed by atoms with Crippen molar-refractivity contribution in [1.29, 1.82) is 0 Å². The molecule has 4 aliphatic carbocycles. The third kappa shape index (κ3) is 6.62. The molecule has 1 aromatic heterocycles. The number of benzene rings is 15. The first-order chi connectivity index (χ1) is 47.6. The molecular weight excluding hydrogens is 1160 g/mol. The second kappa shape index (κ2) is 19.2. The molecule has 3 nitrogen and oxygen atoms in total. The van der Waals surface area contributed by atoms with Crippen LogP contribution in [0.15, 0.2) is 340 Å². The Labute approximate surface area is 557 Å². The van der Waals surface area contributed by atoms with Crippen molar-refractivity contribution in [2.75, 3.05) is 9.80 Å². The van der Waals surface area contributed by atoms with Gasteiger partial charge in [-0.2, -0.15) is 0 Å². The summed E-state index contributed by atoms with van der Waals surface area (Å²) < 4.78 is 2.53. The van der Waals surface area contributed by atoms with E-state index in [-0.39, 0.29) is 6.71 Å². The zero-order chi connectivity index (χ0) is 62.5. The van der Waals surface area contributed by atoms with Crippen LogP contribution in [0.5, 0.6) is 0 Å². The summed E-state index contributed by atoms with van der Waals surface area (Å²) in [5.74, 6) is 0. The molecule has 0 N–H and O–H groups in total. The highest BCUT2D eigenvalue weighted by molar-refractivity contribution is 7.00. The van der Waals surface area contributed by atoms with Crippen molar-refractivity contribution in [1.82, 2.24) is 4.57 Å². The highest BCUT2D eigenvalue weighted by Gasteiger charge is 2.55. The average Bonchev–Trinajstić information content (AvgIpc) is 1.57. The molecule has 2 aliphatic heterocycles. The zero-order valence-electron chi connectivity index (χ0n) is 52.3. The Morgan fingerprint density at radius 1 is 0.219 bits per heavy atom. The van der Waals surface area contributed by atoms with Crippen molar-refractivity contribution in [2.45, 2.75) is 10.8 Å². The van der Waals surface area contributed by atoms with E-state index in [1.54, 1.807) is 0 Å². The Morgan fingerprint density at radius 3 is 1.11 bits per heavy atom. The molecule has 15 aromatic carbocycles. The van der Waals surface area contributed by atoms with Crippen molar-refractivity contribution < 1.29 is 0 Å². The van der Waals surface area contributed by atoms with Crippen LogP contribution in [0, 0.1) is 0 Å². The molecule has 0 atom stereocenters. The van der Waals surface area contributed by atoms with E-state index in [4.69, 9.17) is 0 Å². The van der Waals surface area contributed by atoms with E-state index in [1.807, 2.05) is 0 Å². The monoisotopic (exact) mass is 1210 g/mol.